The lowest BCUT2D eigenvalue weighted by Gasteiger charge is -2.03. The van der Waals surface area contributed by atoms with Crippen molar-refractivity contribution in [2.24, 2.45) is 0 Å². The molecule has 0 spiro atoms. The fourth-order valence-corrected chi connectivity index (χ4v) is 1.14. The normalized spacial score (nSPS) is 19.8. The van der Waals surface area contributed by atoms with Gasteiger partial charge in [-0.3, -0.25) is 0 Å². The average molecular weight is 177 g/mol. The first-order valence-electron chi connectivity index (χ1n) is 4.31. The van der Waals surface area contributed by atoms with Gasteiger partial charge in [0.05, 0.1) is 6.04 Å². The Morgan fingerprint density at radius 1 is 1.46 bits per heavy atom. The van der Waals surface area contributed by atoms with E-state index in [-0.39, 0.29) is 6.09 Å². The van der Waals surface area contributed by atoms with Gasteiger partial charge in [-0.2, -0.15) is 0 Å². The van der Waals surface area contributed by atoms with Crippen LogP contribution in [0.4, 0.5) is 4.79 Å². The molecule has 1 saturated heterocycles. The molecule has 1 aliphatic heterocycles. The van der Waals surface area contributed by atoms with Crippen LogP contribution < -0.4 is 4.74 Å². The number of ether oxygens (including phenoxy) is 1. The summed E-state index contributed by atoms with van der Waals surface area (Å²) in [6.45, 7) is 2.80. The van der Waals surface area contributed by atoms with E-state index >= 15 is 0 Å². The predicted octanol–water partition coefficient (Wildman–Crippen LogP) is 1.89. The van der Waals surface area contributed by atoms with Gasteiger partial charge in [0.25, 0.3) is 0 Å². The zero-order valence-corrected chi connectivity index (χ0v) is 7.43. The van der Waals surface area contributed by atoms with E-state index in [0.717, 1.165) is 6.54 Å². The molecule has 2 rings (SSSR count). The Morgan fingerprint density at radius 3 is 2.62 bits per heavy atom. The number of benzene rings is 1. The van der Waals surface area contributed by atoms with E-state index in [1.54, 1.807) is 17.0 Å². The lowest BCUT2D eigenvalue weighted by molar-refractivity contribution is 0.183. The van der Waals surface area contributed by atoms with Crippen LogP contribution in [-0.4, -0.2) is 23.6 Å². The molecule has 0 aliphatic carbocycles. The number of para-hydroxylation sites is 1. The molecule has 0 N–H and O–H groups in total. The highest BCUT2D eigenvalue weighted by molar-refractivity contribution is 5.73. The Balaban J connectivity index is 1.95. The number of rotatable bonds is 1. The first-order valence-corrected chi connectivity index (χ1v) is 4.31. The molecule has 1 aromatic carbocycles. The highest BCUT2D eigenvalue weighted by Gasteiger charge is 2.35. The number of amides is 1. The molecule has 3 nitrogen and oxygen atoms in total. The Kier molecular flexibility index (Phi) is 1.93. The SMILES string of the molecule is CC1CN1C(=O)Oc1ccccc1. The minimum atomic E-state index is -0.251. The lowest BCUT2D eigenvalue weighted by atomic mass is 10.3. The molecule has 0 radical (unpaired) electrons. The molecule has 1 aliphatic rings. The summed E-state index contributed by atoms with van der Waals surface area (Å²) >= 11 is 0. The third-order valence-electron chi connectivity index (χ3n) is 2.04. The van der Waals surface area contributed by atoms with Gasteiger partial charge in [0.1, 0.15) is 5.75 Å². The third-order valence-corrected chi connectivity index (χ3v) is 2.04. The second-order valence-corrected chi connectivity index (χ2v) is 3.18. The Bertz CT molecular complexity index is 310. The number of carbonyl (C=O) groups excluding carboxylic acids is 1. The van der Waals surface area contributed by atoms with Crippen LogP contribution >= 0.6 is 0 Å². The minimum absolute atomic E-state index is 0.251. The van der Waals surface area contributed by atoms with Gasteiger partial charge in [-0.25, -0.2) is 4.79 Å². The zero-order chi connectivity index (χ0) is 9.26. The Hall–Kier alpha value is -1.51. The van der Waals surface area contributed by atoms with Crippen LogP contribution in [0.1, 0.15) is 6.92 Å². The van der Waals surface area contributed by atoms with Gasteiger partial charge in [-0.05, 0) is 19.1 Å². The van der Waals surface area contributed by atoms with E-state index < -0.39 is 0 Å². The summed E-state index contributed by atoms with van der Waals surface area (Å²) in [7, 11) is 0. The van der Waals surface area contributed by atoms with Crippen LogP contribution in [0.15, 0.2) is 30.3 Å². The summed E-state index contributed by atoms with van der Waals surface area (Å²) in [6, 6.07) is 9.45. The highest BCUT2D eigenvalue weighted by Crippen LogP contribution is 2.19. The summed E-state index contributed by atoms with van der Waals surface area (Å²) in [5, 5.41) is 0. The summed E-state index contributed by atoms with van der Waals surface area (Å²) in [5.41, 5.74) is 0. The maximum Gasteiger partial charge on any atom is 0.415 e. The zero-order valence-electron chi connectivity index (χ0n) is 7.43. The van der Waals surface area contributed by atoms with Crippen LogP contribution in [-0.2, 0) is 0 Å². The first-order chi connectivity index (χ1) is 6.27. The number of nitrogens with zero attached hydrogens (tertiary/aromatic N) is 1. The number of carbonyl (C=O) groups is 1. The average Bonchev–Trinajstić information content (AvgIpc) is 2.84. The van der Waals surface area contributed by atoms with Gasteiger partial charge in [0, 0.05) is 6.54 Å². The van der Waals surface area contributed by atoms with Crippen molar-refractivity contribution in [3.8, 4) is 5.75 Å². The van der Waals surface area contributed by atoms with Crippen LogP contribution in [0.3, 0.4) is 0 Å². The van der Waals surface area contributed by atoms with E-state index in [1.165, 1.54) is 0 Å². The van der Waals surface area contributed by atoms with E-state index in [1.807, 2.05) is 25.1 Å². The van der Waals surface area contributed by atoms with Crippen molar-refractivity contribution in [1.29, 1.82) is 0 Å². The number of hydrogen-bond acceptors (Lipinski definition) is 2. The molecule has 1 atom stereocenters. The van der Waals surface area contributed by atoms with E-state index in [9.17, 15) is 4.79 Å². The van der Waals surface area contributed by atoms with Crippen molar-refractivity contribution in [3.63, 3.8) is 0 Å². The van der Waals surface area contributed by atoms with Gasteiger partial charge in [-0.1, -0.05) is 18.2 Å². The van der Waals surface area contributed by atoms with Crippen molar-refractivity contribution < 1.29 is 9.53 Å². The predicted molar refractivity (Wildman–Crippen MR) is 48.6 cm³/mol. The monoisotopic (exact) mass is 177 g/mol. The fraction of sp³-hybridized carbons (Fsp3) is 0.300. The molecule has 3 heteroatoms. The molecule has 0 bridgehead atoms. The largest absolute Gasteiger partial charge is 0.415 e. The molecule has 1 fully saturated rings. The maximum absolute atomic E-state index is 11.3. The van der Waals surface area contributed by atoms with Crippen molar-refractivity contribution in [3.05, 3.63) is 30.3 Å². The molecule has 1 unspecified atom stereocenters. The number of hydrogen-bond donors (Lipinski definition) is 0. The van der Waals surface area contributed by atoms with Crippen LogP contribution in [0.5, 0.6) is 5.75 Å². The maximum atomic E-state index is 11.3. The van der Waals surface area contributed by atoms with Crippen LogP contribution in [0, 0.1) is 0 Å². The topological polar surface area (TPSA) is 29.3 Å². The van der Waals surface area contributed by atoms with Crippen molar-refractivity contribution in [2.75, 3.05) is 6.54 Å². The minimum Gasteiger partial charge on any atom is -0.410 e. The van der Waals surface area contributed by atoms with E-state index in [2.05, 4.69) is 0 Å². The quantitative estimate of drug-likeness (QED) is 0.613. The lowest BCUT2D eigenvalue weighted by Crippen LogP contribution is -2.17. The van der Waals surface area contributed by atoms with Gasteiger partial charge < -0.3 is 9.64 Å². The van der Waals surface area contributed by atoms with Gasteiger partial charge in [0.15, 0.2) is 0 Å². The fourth-order valence-electron chi connectivity index (χ4n) is 1.14. The molecule has 0 saturated carbocycles. The standard InChI is InChI=1S/C10H11NO2/c1-8-7-11(8)10(12)13-9-5-3-2-4-6-9/h2-6,8H,7H2,1H3. The van der Waals surface area contributed by atoms with Gasteiger partial charge in [0.2, 0.25) is 0 Å². The van der Waals surface area contributed by atoms with Gasteiger partial charge in [-0.15, -0.1) is 0 Å². The summed E-state index contributed by atoms with van der Waals surface area (Å²) in [5.74, 6) is 0.603. The second-order valence-electron chi connectivity index (χ2n) is 3.18. The Labute approximate surface area is 76.9 Å². The molecule has 1 heterocycles. The molecular formula is C10H11NO2. The van der Waals surface area contributed by atoms with E-state index in [4.69, 9.17) is 4.74 Å². The molecule has 1 aromatic rings. The third kappa shape index (κ3) is 1.80. The second kappa shape index (κ2) is 3.09. The molecule has 13 heavy (non-hydrogen) atoms. The van der Waals surface area contributed by atoms with Crippen molar-refractivity contribution >= 4 is 6.09 Å². The summed E-state index contributed by atoms with van der Waals surface area (Å²) in [6.07, 6.45) is -0.251. The smallest absolute Gasteiger partial charge is 0.410 e. The highest BCUT2D eigenvalue weighted by atomic mass is 16.6. The van der Waals surface area contributed by atoms with Crippen molar-refractivity contribution in [2.45, 2.75) is 13.0 Å². The first kappa shape index (κ1) is 8.10. The molecule has 0 aromatic heterocycles. The molecular weight excluding hydrogens is 166 g/mol. The van der Waals surface area contributed by atoms with Crippen LogP contribution in [0.2, 0.25) is 0 Å². The summed E-state index contributed by atoms with van der Waals surface area (Å²) < 4.78 is 5.10. The van der Waals surface area contributed by atoms with Gasteiger partial charge >= 0.3 is 6.09 Å². The summed E-state index contributed by atoms with van der Waals surface area (Å²) in [4.78, 5) is 13.0. The molecule has 68 valence electrons. The van der Waals surface area contributed by atoms with Crippen LogP contribution in [0.25, 0.3) is 0 Å². The molecule has 1 amide bonds. The Morgan fingerprint density at radius 2 is 2.08 bits per heavy atom. The van der Waals surface area contributed by atoms with Crippen molar-refractivity contribution in [1.82, 2.24) is 4.90 Å². The van der Waals surface area contributed by atoms with E-state index in [0.29, 0.717) is 11.8 Å².